The van der Waals surface area contributed by atoms with Crippen LogP contribution >= 0.6 is 0 Å². The molecule has 3 heterocycles. The zero-order valence-corrected chi connectivity index (χ0v) is 13.6. The summed E-state index contributed by atoms with van der Waals surface area (Å²) in [5.41, 5.74) is 1.27. The van der Waals surface area contributed by atoms with E-state index in [9.17, 15) is 4.79 Å². The Kier molecular flexibility index (Phi) is 5.45. The molecule has 0 saturated carbocycles. The third kappa shape index (κ3) is 4.33. The molecular formula is C17H21N3O4. The second-order valence-corrected chi connectivity index (χ2v) is 5.61. The van der Waals surface area contributed by atoms with E-state index in [0.717, 1.165) is 5.69 Å². The lowest BCUT2D eigenvalue weighted by atomic mass is 10.2. The Bertz CT molecular complexity index is 654. The fourth-order valence-electron chi connectivity index (χ4n) is 2.50. The maximum absolute atomic E-state index is 12.2. The van der Waals surface area contributed by atoms with E-state index in [-0.39, 0.29) is 12.0 Å². The molecule has 7 nitrogen and oxygen atoms in total. The molecule has 2 aromatic heterocycles. The van der Waals surface area contributed by atoms with Crippen LogP contribution in [0.1, 0.15) is 16.2 Å². The van der Waals surface area contributed by atoms with Crippen LogP contribution in [0.5, 0.6) is 0 Å². The molecule has 0 radical (unpaired) electrons. The minimum Gasteiger partial charge on any atom is -0.467 e. The van der Waals surface area contributed by atoms with Gasteiger partial charge in [0, 0.05) is 25.5 Å². The molecule has 24 heavy (non-hydrogen) atoms. The smallest absolute Gasteiger partial charge is 0.270 e. The number of nitrogens with one attached hydrogen (secondary N) is 1. The van der Waals surface area contributed by atoms with E-state index in [4.69, 9.17) is 13.9 Å². The first-order valence-corrected chi connectivity index (χ1v) is 7.89. The molecule has 0 aliphatic carbocycles. The number of carbonyl (C=O) groups excluding carboxylic acids is 1. The lowest BCUT2D eigenvalue weighted by Gasteiger charge is -2.28. The molecule has 0 bridgehead atoms. The van der Waals surface area contributed by atoms with Crippen molar-refractivity contribution in [2.24, 2.45) is 0 Å². The minimum absolute atomic E-state index is 0.0353. The van der Waals surface area contributed by atoms with Crippen molar-refractivity contribution in [2.75, 3.05) is 38.3 Å². The van der Waals surface area contributed by atoms with Crippen molar-refractivity contribution in [3.63, 3.8) is 0 Å². The molecule has 1 aliphatic heterocycles. The number of pyridine rings is 1. The van der Waals surface area contributed by atoms with Crippen molar-refractivity contribution in [1.29, 1.82) is 0 Å². The average Bonchev–Trinajstić information content (AvgIpc) is 3.14. The highest BCUT2D eigenvalue weighted by Gasteiger charge is 2.17. The lowest BCUT2D eigenvalue weighted by Crippen LogP contribution is -2.38. The maximum Gasteiger partial charge on any atom is 0.270 e. The summed E-state index contributed by atoms with van der Waals surface area (Å²) in [6.07, 6.45) is 3.24. The molecule has 1 fully saturated rings. The summed E-state index contributed by atoms with van der Waals surface area (Å²) in [4.78, 5) is 18.4. The first-order chi connectivity index (χ1) is 11.7. The van der Waals surface area contributed by atoms with Gasteiger partial charge >= 0.3 is 0 Å². The zero-order valence-electron chi connectivity index (χ0n) is 13.6. The van der Waals surface area contributed by atoms with Crippen molar-refractivity contribution in [3.05, 3.63) is 48.2 Å². The van der Waals surface area contributed by atoms with Gasteiger partial charge in [-0.1, -0.05) is 0 Å². The SMILES string of the molecule is CN(CC1COCCO1)c1ccnc(C(=O)NCc2ccco2)c1. The summed E-state index contributed by atoms with van der Waals surface area (Å²) in [6, 6.07) is 7.23. The number of rotatable bonds is 6. The predicted molar refractivity (Wildman–Crippen MR) is 87.9 cm³/mol. The largest absolute Gasteiger partial charge is 0.467 e. The van der Waals surface area contributed by atoms with Crippen LogP contribution in [0.25, 0.3) is 0 Å². The molecule has 1 saturated heterocycles. The van der Waals surface area contributed by atoms with E-state index in [2.05, 4.69) is 10.3 Å². The normalized spacial score (nSPS) is 17.5. The molecule has 128 valence electrons. The Labute approximate surface area is 140 Å². The second kappa shape index (κ2) is 7.94. The molecule has 0 spiro atoms. The van der Waals surface area contributed by atoms with Crippen LogP contribution in [0, 0.1) is 0 Å². The van der Waals surface area contributed by atoms with Gasteiger partial charge < -0.3 is 24.1 Å². The summed E-state index contributed by atoms with van der Waals surface area (Å²) in [5, 5.41) is 2.79. The van der Waals surface area contributed by atoms with Crippen molar-refractivity contribution < 1.29 is 18.7 Å². The van der Waals surface area contributed by atoms with Gasteiger partial charge in [0.1, 0.15) is 11.5 Å². The van der Waals surface area contributed by atoms with Crippen LogP contribution in [-0.4, -0.2) is 50.4 Å². The number of carbonyl (C=O) groups is 1. The number of likely N-dealkylation sites (N-methyl/N-ethyl adjacent to an activating group) is 1. The van der Waals surface area contributed by atoms with Crippen molar-refractivity contribution in [1.82, 2.24) is 10.3 Å². The fraction of sp³-hybridized carbons (Fsp3) is 0.412. The molecule has 7 heteroatoms. The third-order valence-electron chi connectivity index (χ3n) is 3.78. The number of amides is 1. The van der Waals surface area contributed by atoms with Crippen LogP contribution in [0.15, 0.2) is 41.1 Å². The van der Waals surface area contributed by atoms with E-state index < -0.39 is 0 Å². The van der Waals surface area contributed by atoms with Crippen molar-refractivity contribution >= 4 is 11.6 Å². The van der Waals surface area contributed by atoms with E-state index in [0.29, 0.717) is 44.4 Å². The third-order valence-corrected chi connectivity index (χ3v) is 3.78. The van der Waals surface area contributed by atoms with Gasteiger partial charge in [-0.25, -0.2) is 0 Å². The van der Waals surface area contributed by atoms with Crippen molar-refractivity contribution in [2.45, 2.75) is 12.6 Å². The van der Waals surface area contributed by atoms with Gasteiger partial charge in [0.15, 0.2) is 0 Å². The first kappa shape index (κ1) is 16.5. The van der Waals surface area contributed by atoms with Crippen LogP contribution in [0.2, 0.25) is 0 Å². The fourth-order valence-corrected chi connectivity index (χ4v) is 2.50. The van der Waals surface area contributed by atoms with Gasteiger partial charge in [-0.2, -0.15) is 0 Å². The predicted octanol–water partition coefficient (Wildman–Crippen LogP) is 1.46. The van der Waals surface area contributed by atoms with E-state index in [1.54, 1.807) is 24.6 Å². The summed E-state index contributed by atoms with van der Waals surface area (Å²) < 4.78 is 16.3. The lowest BCUT2D eigenvalue weighted by molar-refractivity contribution is -0.0837. The Morgan fingerprint density at radius 2 is 2.33 bits per heavy atom. The molecule has 1 unspecified atom stereocenters. The number of aromatic nitrogens is 1. The first-order valence-electron chi connectivity index (χ1n) is 7.89. The Balaban J connectivity index is 1.59. The van der Waals surface area contributed by atoms with Crippen LogP contribution in [0.3, 0.4) is 0 Å². The molecule has 0 aromatic carbocycles. The Morgan fingerprint density at radius 1 is 1.42 bits per heavy atom. The van der Waals surface area contributed by atoms with Gasteiger partial charge in [0.05, 0.1) is 38.7 Å². The van der Waals surface area contributed by atoms with Crippen LogP contribution < -0.4 is 10.2 Å². The van der Waals surface area contributed by atoms with E-state index in [1.807, 2.05) is 24.1 Å². The van der Waals surface area contributed by atoms with Crippen molar-refractivity contribution in [3.8, 4) is 0 Å². The number of furan rings is 1. The average molecular weight is 331 g/mol. The summed E-state index contributed by atoms with van der Waals surface area (Å²) in [7, 11) is 1.96. The molecule has 1 N–H and O–H groups in total. The number of nitrogens with zero attached hydrogens (tertiary/aromatic N) is 2. The second-order valence-electron chi connectivity index (χ2n) is 5.61. The molecular weight excluding hydrogens is 310 g/mol. The number of hydrogen-bond donors (Lipinski definition) is 1. The minimum atomic E-state index is -0.237. The monoisotopic (exact) mass is 331 g/mol. The summed E-state index contributed by atoms with van der Waals surface area (Å²) >= 11 is 0. The van der Waals surface area contributed by atoms with E-state index >= 15 is 0 Å². The highest BCUT2D eigenvalue weighted by atomic mass is 16.6. The maximum atomic E-state index is 12.2. The standard InChI is InChI=1S/C17H21N3O4/c1-20(11-15-12-22-7-8-24-15)13-4-5-18-16(9-13)17(21)19-10-14-3-2-6-23-14/h2-6,9,15H,7-8,10-12H2,1H3,(H,19,21). The number of ether oxygens (including phenoxy) is 2. The molecule has 2 aromatic rings. The summed E-state index contributed by atoms with van der Waals surface area (Å²) in [5.74, 6) is 0.463. The van der Waals surface area contributed by atoms with Crippen LogP contribution in [-0.2, 0) is 16.0 Å². The highest BCUT2D eigenvalue weighted by molar-refractivity contribution is 5.93. The van der Waals surface area contributed by atoms with Crippen LogP contribution in [0.4, 0.5) is 5.69 Å². The van der Waals surface area contributed by atoms with Gasteiger partial charge in [0.25, 0.3) is 5.91 Å². The molecule has 1 atom stereocenters. The van der Waals surface area contributed by atoms with Gasteiger partial charge in [-0.3, -0.25) is 9.78 Å². The molecule has 3 rings (SSSR count). The number of anilines is 1. The topological polar surface area (TPSA) is 76.8 Å². The number of hydrogen-bond acceptors (Lipinski definition) is 6. The molecule has 1 aliphatic rings. The van der Waals surface area contributed by atoms with Gasteiger partial charge in [-0.05, 0) is 24.3 Å². The quantitative estimate of drug-likeness (QED) is 0.863. The zero-order chi connectivity index (χ0) is 16.8. The van der Waals surface area contributed by atoms with Gasteiger partial charge in [0.2, 0.25) is 0 Å². The van der Waals surface area contributed by atoms with Gasteiger partial charge in [-0.15, -0.1) is 0 Å². The summed E-state index contributed by atoms with van der Waals surface area (Å²) in [6.45, 7) is 2.88. The van der Waals surface area contributed by atoms with E-state index in [1.165, 1.54) is 0 Å². The molecule has 1 amide bonds. The highest BCUT2D eigenvalue weighted by Crippen LogP contribution is 2.15. The Morgan fingerprint density at radius 3 is 3.08 bits per heavy atom. The Hall–Kier alpha value is -2.38.